The van der Waals surface area contributed by atoms with Gasteiger partial charge in [-0.25, -0.2) is 0 Å². The molecule has 2 rings (SSSR count). The molecular formula is C10H8BrF3N2. The number of pyridine rings is 1. The molecule has 0 radical (unpaired) electrons. The zero-order valence-electron chi connectivity index (χ0n) is 8.00. The number of alkyl halides is 3. The maximum atomic E-state index is 11.7. The zero-order valence-corrected chi connectivity index (χ0v) is 9.59. The van der Waals surface area contributed by atoms with Crippen molar-refractivity contribution in [2.75, 3.05) is 0 Å². The molecule has 86 valence electrons. The molecule has 2 nitrogen and oxygen atoms in total. The van der Waals surface area contributed by atoms with Crippen LogP contribution in [-0.4, -0.2) is 9.97 Å². The third-order valence-corrected chi connectivity index (χ3v) is 1.98. The van der Waals surface area contributed by atoms with Crippen LogP contribution in [0.1, 0.15) is 5.69 Å². The van der Waals surface area contributed by atoms with Gasteiger partial charge in [-0.1, -0.05) is 6.07 Å². The summed E-state index contributed by atoms with van der Waals surface area (Å²) in [4.78, 5) is 5.89. The van der Waals surface area contributed by atoms with Gasteiger partial charge in [0.05, 0.1) is 4.60 Å². The molecule has 0 saturated heterocycles. The van der Waals surface area contributed by atoms with Crippen molar-refractivity contribution in [3.8, 4) is 0 Å². The molecule has 1 N–H and O–H groups in total. The lowest BCUT2D eigenvalue weighted by atomic mass is 10.4. The molecule has 0 amide bonds. The van der Waals surface area contributed by atoms with Crippen molar-refractivity contribution in [1.82, 2.24) is 9.97 Å². The molecule has 2 aromatic heterocycles. The number of aromatic amines is 1. The summed E-state index contributed by atoms with van der Waals surface area (Å²) in [6.07, 6.45) is -0.772. The van der Waals surface area contributed by atoms with Crippen molar-refractivity contribution in [1.29, 1.82) is 0 Å². The number of hydrogen-bond donors (Lipinski definition) is 1. The number of nitrogens with one attached hydrogen (secondary N) is 1. The molecule has 0 aromatic carbocycles. The highest BCUT2D eigenvalue weighted by molar-refractivity contribution is 9.10. The minimum absolute atomic E-state index is 0.333. The SMILES string of the molecule is FC(F)(F)c1ccc(Br)[nH]1.c1ccncc1. The predicted octanol–water partition coefficient (Wildman–Crippen LogP) is 3.88. The lowest BCUT2D eigenvalue weighted by Crippen LogP contribution is -2.04. The summed E-state index contributed by atoms with van der Waals surface area (Å²) in [6.45, 7) is 0. The van der Waals surface area contributed by atoms with Gasteiger partial charge in [0, 0.05) is 12.4 Å². The van der Waals surface area contributed by atoms with E-state index in [1.54, 1.807) is 12.4 Å². The van der Waals surface area contributed by atoms with Crippen LogP contribution in [0.3, 0.4) is 0 Å². The van der Waals surface area contributed by atoms with Crippen molar-refractivity contribution in [2.24, 2.45) is 0 Å². The molecule has 0 bridgehead atoms. The fourth-order valence-corrected chi connectivity index (χ4v) is 1.19. The molecule has 0 aliphatic carbocycles. The smallest absolute Gasteiger partial charge is 0.346 e. The topological polar surface area (TPSA) is 28.7 Å². The number of halogens is 4. The normalized spacial score (nSPS) is 10.5. The molecule has 0 aliphatic rings. The zero-order chi connectivity index (χ0) is 12.0. The van der Waals surface area contributed by atoms with E-state index in [-0.39, 0.29) is 0 Å². The first-order valence-electron chi connectivity index (χ1n) is 4.27. The van der Waals surface area contributed by atoms with E-state index < -0.39 is 11.9 Å². The molecule has 16 heavy (non-hydrogen) atoms. The van der Waals surface area contributed by atoms with Crippen LogP contribution in [0.25, 0.3) is 0 Å². The standard InChI is InChI=1S/C5H3BrF3N.C5H5N/c6-4-2-1-3(10-4)5(7,8)9;1-2-4-6-5-3-1/h1-2,10H;1-5H. The third kappa shape index (κ3) is 4.48. The van der Waals surface area contributed by atoms with Crippen LogP contribution in [0.4, 0.5) is 13.2 Å². The second kappa shape index (κ2) is 5.69. The Balaban J connectivity index is 0.000000181. The van der Waals surface area contributed by atoms with Gasteiger partial charge in [0.2, 0.25) is 0 Å². The molecule has 2 heterocycles. The average Bonchev–Trinajstić information content (AvgIpc) is 2.68. The molecule has 0 saturated carbocycles. The highest BCUT2D eigenvalue weighted by Crippen LogP contribution is 2.29. The van der Waals surface area contributed by atoms with E-state index in [0.29, 0.717) is 4.60 Å². The molecule has 0 aliphatic heterocycles. The van der Waals surface area contributed by atoms with Gasteiger partial charge < -0.3 is 4.98 Å². The number of rotatable bonds is 0. The monoisotopic (exact) mass is 292 g/mol. The van der Waals surface area contributed by atoms with Crippen LogP contribution in [0.15, 0.2) is 47.3 Å². The molecule has 0 atom stereocenters. The summed E-state index contributed by atoms with van der Waals surface area (Å²) in [5, 5.41) is 0. The van der Waals surface area contributed by atoms with Gasteiger partial charge in [-0.2, -0.15) is 13.2 Å². The van der Waals surface area contributed by atoms with Crippen molar-refractivity contribution >= 4 is 15.9 Å². The van der Waals surface area contributed by atoms with Crippen LogP contribution in [0.5, 0.6) is 0 Å². The fourth-order valence-electron chi connectivity index (χ4n) is 0.846. The average molecular weight is 293 g/mol. The van der Waals surface area contributed by atoms with Crippen LogP contribution in [0.2, 0.25) is 0 Å². The lowest BCUT2D eigenvalue weighted by Gasteiger charge is -2.00. The summed E-state index contributed by atoms with van der Waals surface area (Å²) in [6, 6.07) is 8.00. The molecule has 0 fully saturated rings. The molecule has 0 unspecified atom stereocenters. The van der Waals surface area contributed by atoms with Gasteiger partial charge in [0.25, 0.3) is 0 Å². The minimum Gasteiger partial charge on any atom is -0.346 e. The minimum atomic E-state index is -4.27. The quantitative estimate of drug-likeness (QED) is 0.784. The third-order valence-electron chi connectivity index (χ3n) is 1.52. The van der Waals surface area contributed by atoms with Gasteiger partial charge in [0.15, 0.2) is 0 Å². The van der Waals surface area contributed by atoms with E-state index in [2.05, 4.69) is 25.9 Å². The maximum absolute atomic E-state index is 11.7. The van der Waals surface area contributed by atoms with E-state index in [9.17, 15) is 13.2 Å². The van der Waals surface area contributed by atoms with Gasteiger partial charge in [-0.15, -0.1) is 0 Å². The first-order chi connectivity index (χ1) is 7.50. The summed E-state index contributed by atoms with van der Waals surface area (Å²) in [5.41, 5.74) is -0.737. The lowest BCUT2D eigenvalue weighted by molar-refractivity contribution is -0.140. The highest BCUT2D eigenvalue weighted by Gasteiger charge is 2.31. The Kier molecular flexibility index (Phi) is 4.54. The van der Waals surface area contributed by atoms with Crippen molar-refractivity contribution in [3.63, 3.8) is 0 Å². The molecule has 6 heteroatoms. The van der Waals surface area contributed by atoms with Crippen LogP contribution < -0.4 is 0 Å². The maximum Gasteiger partial charge on any atom is 0.431 e. The van der Waals surface area contributed by atoms with Gasteiger partial charge in [-0.3, -0.25) is 4.98 Å². The Morgan fingerprint density at radius 2 is 1.69 bits per heavy atom. The number of H-pyrrole nitrogens is 1. The first kappa shape index (κ1) is 12.8. The van der Waals surface area contributed by atoms with Crippen LogP contribution in [-0.2, 0) is 6.18 Å². The summed E-state index contributed by atoms with van der Waals surface area (Å²) in [7, 11) is 0. The van der Waals surface area contributed by atoms with Crippen LogP contribution in [0, 0.1) is 0 Å². The first-order valence-corrected chi connectivity index (χ1v) is 5.06. The Hall–Kier alpha value is -1.30. The largest absolute Gasteiger partial charge is 0.431 e. The van der Waals surface area contributed by atoms with Crippen LogP contribution >= 0.6 is 15.9 Å². The van der Waals surface area contributed by atoms with E-state index in [0.717, 1.165) is 6.07 Å². The highest BCUT2D eigenvalue weighted by atomic mass is 79.9. The van der Waals surface area contributed by atoms with E-state index in [4.69, 9.17) is 0 Å². The molecule has 0 spiro atoms. The second-order valence-electron chi connectivity index (χ2n) is 2.74. The number of aromatic nitrogens is 2. The van der Waals surface area contributed by atoms with Crippen molar-refractivity contribution in [2.45, 2.75) is 6.18 Å². The molecular weight excluding hydrogens is 285 g/mol. The Morgan fingerprint density at radius 3 is 1.88 bits per heavy atom. The summed E-state index contributed by atoms with van der Waals surface area (Å²) >= 11 is 2.87. The van der Waals surface area contributed by atoms with E-state index in [1.807, 2.05) is 18.2 Å². The summed E-state index contributed by atoms with van der Waals surface area (Å²) in [5.74, 6) is 0. The number of nitrogens with zero attached hydrogens (tertiary/aromatic N) is 1. The Bertz CT molecular complexity index is 385. The van der Waals surface area contributed by atoms with Crippen molar-refractivity contribution in [3.05, 3.63) is 53.0 Å². The Labute approximate surface area is 98.7 Å². The van der Waals surface area contributed by atoms with Gasteiger partial charge in [0.1, 0.15) is 5.69 Å². The number of hydrogen-bond acceptors (Lipinski definition) is 1. The van der Waals surface area contributed by atoms with Gasteiger partial charge in [-0.05, 0) is 40.2 Å². The molecule has 2 aromatic rings. The van der Waals surface area contributed by atoms with E-state index in [1.165, 1.54) is 6.07 Å². The Morgan fingerprint density at radius 1 is 1.06 bits per heavy atom. The van der Waals surface area contributed by atoms with Crippen molar-refractivity contribution < 1.29 is 13.2 Å². The fraction of sp³-hybridized carbons (Fsp3) is 0.100. The predicted molar refractivity (Wildman–Crippen MR) is 57.7 cm³/mol. The second-order valence-corrected chi connectivity index (χ2v) is 3.60. The van der Waals surface area contributed by atoms with Gasteiger partial charge >= 0.3 is 6.18 Å². The van der Waals surface area contributed by atoms with E-state index >= 15 is 0 Å². The summed E-state index contributed by atoms with van der Waals surface area (Å²) < 4.78 is 35.6.